The van der Waals surface area contributed by atoms with E-state index in [0.717, 1.165) is 6.07 Å². The first-order valence-corrected chi connectivity index (χ1v) is 6.12. The van der Waals surface area contributed by atoms with Crippen molar-refractivity contribution in [3.63, 3.8) is 0 Å². The summed E-state index contributed by atoms with van der Waals surface area (Å²) in [6, 6.07) is 6.44. The van der Waals surface area contributed by atoms with E-state index in [2.05, 4.69) is 0 Å². The molecule has 9 nitrogen and oxygen atoms in total. The van der Waals surface area contributed by atoms with E-state index in [1.54, 1.807) is 6.07 Å². The van der Waals surface area contributed by atoms with Crippen molar-refractivity contribution in [2.24, 2.45) is 0 Å². The summed E-state index contributed by atoms with van der Waals surface area (Å²) < 4.78 is 0. The Morgan fingerprint density at radius 1 is 0.773 bits per heavy atom. The van der Waals surface area contributed by atoms with Crippen molar-refractivity contribution in [3.8, 4) is 11.1 Å². The highest BCUT2D eigenvalue weighted by atomic mass is 16.6. The van der Waals surface area contributed by atoms with E-state index in [1.807, 2.05) is 0 Å². The van der Waals surface area contributed by atoms with Crippen LogP contribution in [0.25, 0.3) is 11.1 Å². The lowest BCUT2D eigenvalue weighted by atomic mass is 10.0. The highest BCUT2D eigenvalue weighted by Crippen LogP contribution is 2.46. The molecule has 0 heterocycles. The van der Waals surface area contributed by atoms with Gasteiger partial charge in [0.1, 0.15) is 0 Å². The maximum absolute atomic E-state index is 11.2. The van der Waals surface area contributed by atoms with E-state index in [4.69, 9.17) is 0 Å². The van der Waals surface area contributed by atoms with E-state index >= 15 is 0 Å². The quantitative estimate of drug-likeness (QED) is 0.540. The Hall–Kier alpha value is -3.36. The smallest absolute Gasteiger partial charge is 0.258 e. The van der Waals surface area contributed by atoms with Gasteiger partial charge >= 0.3 is 0 Å². The van der Waals surface area contributed by atoms with Crippen LogP contribution >= 0.6 is 0 Å². The third-order valence-corrected chi connectivity index (χ3v) is 3.61. The average molecular weight is 301 g/mol. The van der Waals surface area contributed by atoms with Gasteiger partial charge in [-0.05, 0) is 11.1 Å². The summed E-state index contributed by atoms with van der Waals surface area (Å²) in [5, 5.41) is 33.2. The molecule has 9 heteroatoms. The zero-order chi connectivity index (χ0) is 16.0. The van der Waals surface area contributed by atoms with Crippen LogP contribution in [0.3, 0.4) is 0 Å². The maximum Gasteiger partial charge on any atom is 0.280 e. The molecule has 0 aromatic heterocycles. The minimum Gasteiger partial charge on any atom is -0.258 e. The zero-order valence-electron chi connectivity index (χ0n) is 10.9. The number of benzene rings is 2. The first-order valence-electron chi connectivity index (χ1n) is 6.12. The highest BCUT2D eigenvalue weighted by molar-refractivity contribution is 5.84. The van der Waals surface area contributed by atoms with Crippen molar-refractivity contribution in [2.45, 2.75) is 6.42 Å². The van der Waals surface area contributed by atoms with Crippen LogP contribution in [0.1, 0.15) is 11.1 Å². The fraction of sp³-hybridized carbons (Fsp3) is 0.0769. The lowest BCUT2D eigenvalue weighted by molar-refractivity contribution is -0.394. The van der Waals surface area contributed by atoms with Crippen LogP contribution in [0.2, 0.25) is 0 Å². The van der Waals surface area contributed by atoms with Crippen molar-refractivity contribution in [3.05, 3.63) is 71.8 Å². The summed E-state index contributed by atoms with van der Waals surface area (Å²) in [4.78, 5) is 31.2. The molecule has 2 aromatic carbocycles. The molecule has 0 aliphatic heterocycles. The van der Waals surface area contributed by atoms with E-state index in [1.165, 1.54) is 18.2 Å². The number of rotatable bonds is 3. The van der Waals surface area contributed by atoms with Crippen LogP contribution < -0.4 is 0 Å². The van der Waals surface area contributed by atoms with E-state index in [9.17, 15) is 30.3 Å². The molecule has 0 spiro atoms. The van der Waals surface area contributed by atoms with Crippen LogP contribution in [-0.2, 0) is 6.42 Å². The van der Waals surface area contributed by atoms with Crippen molar-refractivity contribution < 1.29 is 14.8 Å². The van der Waals surface area contributed by atoms with Gasteiger partial charge in [-0.25, -0.2) is 0 Å². The van der Waals surface area contributed by atoms with Crippen molar-refractivity contribution in [2.75, 3.05) is 0 Å². The van der Waals surface area contributed by atoms with Gasteiger partial charge in [0.05, 0.1) is 20.8 Å². The predicted molar refractivity (Wildman–Crippen MR) is 74.6 cm³/mol. The second-order valence-corrected chi connectivity index (χ2v) is 4.74. The summed E-state index contributed by atoms with van der Waals surface area (Å²) >= 11 is 0. The molecule has 0 atom stereocenters. The Balaban J connectivity index is 2.32. The molecular weight excluding hydrogens is 294 g/mol. The van der Waals surface area contributed by atoms with Crippen molar-refractivity contribution in [1.29, 1.82) is 0 Å². The molecule has 2 aromatic rings. The second-order valence-electron chi connectivity index (χ2n) is 4.74. The molecule has 0 bridgehead atoms. The molecule has 110 valence electrons. The summed E-state index contributed by atoms with van der Waals surface area (Å²) in [7, 11) is 0. The van der Waals surface area contributed by atoms with E-state index in [0.29, 0.717) is 16.7 Å². The Kier molecular flexibility index (Phi) is 2.84. The van der Waals surface area contributed by atoms with Crippen LogP contribution in [0.4, 0.5) is 17.1 Å². The lowest BCUT2D eigenvalue weighted by Gasteiger charge is -2.02. The van der Waals surface area contributed by atoms with Gasteiger partial charge < -0.3 is 0 Å². The number of nitro groups is 3. The molecule has 1 aliphatic rings. The number of non-ortho nitro benzene ring substituents is 1. The van der Waals surface area contributed by atoms with E-state index < -0.39 is 26.1 Å². The number of nitrogens with zero attached hydrogens (tertiary/aromatic N) is 3. The third kappa shape index (κ3) is 1.87. The number of fused-ring (bicyclic) bond motifs is 3. The first-order chi connectivity index (χ1) is 10.4. The van der Waals surface area contributed by atoms with Crippen molar-refractivity contribution in [1.82, 2.24) is 0 Å². The van der Waals surface area contributed by atoms with Crippen molar-refractivity contribution >= 4 is 17.1 Å². The van der Waals surface area contributed by atoms with Gasteiger partial charge in [0.25, 0.3) is 17.1 Å². The van der Waals surface area contributed by atoms with Crippen LogP contribution in [0.15, 0.2) is 30.3 Å². The van der Waals surface area contributed by atoms with Crippen LogP contribution in [-0.4, -0.2) is 14.8 Å². The summed E-state index contributed by atoms with van der Waals surface area (Å²) in [5.41, 5.74) is 0.381. The number of hydrogen-bond donors (Lipinski definition) is 0. The Morgan fingerprint density at radius 2 is 1.41 bits per heavy atom. The molecule has 1 aliphatic carbocycles. The first kappa shape index (κ1) is 13.6. The van der Waals surface area contributed by atoms with Crippen LogP contribution in [0.5, 0.6) is 0 Å². The predicted octanol–water partition coefficient (Wildman–Crippen LogP) is 2.98. The Morgan fingerprint density at radius 3 is 2.00 bits per heavy atom. The second kappa shape index (κ2) is 4.58. The average Bonchev–Trinajstić information content (AvgIpc) is 2.83. The number of hydrogen-bond acceptors (Lipinski definition) is 6. The van der Waals surface area contributed by atoms with Crippen LogP contribution in [0, 0.1) is 30.3 Å². The molecule has 0 saturated carbocycles. The minimum atomic E-state index is -0.720. The maximum atomic E-state index is 11.2. The normalized spacial score (nSPS) is 11.6. The van der Waals surface area contributed by atoms with Gasteiger partial charge in [-0.1, -0.05) is 12.1 Å². The fourth-order valence-electron chi connectivity index (χ4n) is 2.70. The van der Waals surface area contributed by atoms with E-state index in [-0.39, 0.29) is 17.7 Å². The lowest BCUT2D eigenvalue weighted by Crippen LogP contribution is -1.97. The SMILES string of the molecule is O=[N+]([O-])c1cc2c(c([N+](=O)[O-])c1)Cc1c-2cccc1[N+](=O)[O-]. The van der Waals surface area contributed by atoms with Gasteiger partial charge in [-0.2, -0.15) is 0 Å². The summed E-state index contributed by atoms with van der Waals surface area (Å²) in [5.74, 6) is 0. The monoisotopic (exact) mass is 301 g/mol. The highest BCUT2D eigenvalue weighted by Gasteiger charge is 2.33. The minimum absolute atomic E-state index is 0.0100. The van der Waals surface area contributed by atoms with Gasteiger partial charge in [-0.15, -0.1) is 0 Å². The largest absolute Gasteiger partial charge is 0.280 e. The van der Waals surface area contributed by atoms with Gasteiger partial charge in [0.15, 0.2) is 0 Å². The third-order valence-electron chi connectivity index (χ3n) is 3.61. The molecule has 0 radical (unpaired) electrons. The number of nitro benzene ring substituents is 3. The fourth-order valence-corrected chi connectivity index (χ4v) is 2.70. The summed E-state index contributed by atoms with van der Waals surface area (Å²) in [6.07, 6.45) is 0.0100. The molecule has 0 unspecified atom stereocenters. The topological polar surface area (TPSA) is 129 Å². The molecule has 0 fully saturated rings. The Labute approximate surface area is 122 Å². The van der Waals surface area contributed by atoms with Gasteiger partial charge in [-0.3, -0.25) is 30.3 Å². The molecule has 0 saturated heterocycles. The summed E-state index contributed by atoms with van der Waals surface area (Å²) in [6.45, 7) is 0. The Bertz CT molecular complexity index is 861. The standard InChI is InChI=1S/C13H7N3O6/c17-14(18)7-4-9-8-2-1-3-12(15(19)20)10(8)6-11(9)13(5-7)16(21)22/h1-5H,6H2. The molecule has 0 amide bonds. The molecule has 3 rings (SSSR count). The molecule has 22 heavy (non-hydrogen) atoms. The molecule has 0 N–H and O–H groups in total. The van der Waals surface area contributed by atoms with Gasteiger partial charge in [0, 0.05) is 29.7 Å². The van der Waals surface area contributed by atoms with Gasteiger partial charge in [0.2, 0.25) is 0 Å². The zero-order valence-corrected chi connectivity index (χ0v) is 10.9. The molecular formula is C13H7N3O6.